The molecule has 3 aromatic rings. The minimum absolute atomic E-state index is 0.185. The third-order valence-corrected chi connectivity index (χ3v) is 4.06. The van der Waals surface area contributed by atoms with Crippen LogP contribution in [0.5, 0.6) is 0 Å². The monoisotopic (exact) mass is 314 g/mol. The summed E-state index contributed by atoms with van der Waals surface area (Å²) < 4.78 is 1.93. The molecule has 0 aliphatic heterocycles. The van der Waals surface area contributed by atoms with E-state index in [2.05, 4.69) is 53.6 Å². The van der Waals surface area contributed by atoms with Crippen LogP contribution in [-0.2, 0) is 0 Å². The molecule has 0 fully saturated rings. The third-order valence-electron chi connectivity index (χ3n) is 3.82. The maximum Gasteiger partial charge on any atom is 0.0798 e. The van der Waals surface area contributed by atoms with Crippen molar-refractivity contribution in [2.75, 3.05) is 20.6 Å². The van der Waals surface area contributed by atoms with Gasteiger partial charge in [-0.15, -0.1) is 5.10 Å². The van der Waals surface area contributed by atoms with Crippen LogP contribution in [0.4, 0.5) is 0 Å². The largest absolute Gasteiger partial charge is 0.309 e. The van der Waals surface area contributed by atoms with Crippen LogP contribution in [0.25, 0.3) is 10.8 Å². The second-order valence-corrected chi connectivity index (χ2v) is 6.18. The van der Waals surface area contributed by atoms with Gasteiger partial charge in [0.1, 0.15) is 0 Å². The Bertz CT molecular complexity index is 752. The molecule has 3 rings (SSSR count). The Balaban J connectivity index is 1.98. The first-order valence-electron chi connectivity index (χ1n) is 7.33. The van der Waals surface area contributed by atoms with E-state index in [4.69, 9.17) is 11.6 Å². The van der Waals surface area contributed by atoms with Gasteiger partial charge in [0.2, 0.25) is 0 Å². The van der Waals surface area contributed by atoms with E-state index in [1.807, 2.05) is 23.0 Å². The first kappa shape index (κ1) is 15.0. The highest BCUT2D eigenvalue weighted by Crippen LogP contribution is 2.26. The SMILES string of the molecule is CN(C)CCC(c1ccc2cc(Cl)ccc2c1)n1ccnn1. The van der Waals surface area contributed by atoms with E-state index in [0.717, 1.165) is 23.4 Å². The van der Waals surface area contributed by atoms with E-state index in [9.17, 15) is 0 Å². The highest BCUT2D eigenvalue weighted by atomic mass is 35.5. The van der Waals surface area contributed by atoms with E-state index < -0.39 is 0 Å². The van der Waals surface area contributed by atoms with Gasteiger partial charge in [-0.3, -0.25) is 0 Å². The van der Waals surface area contributed by atoms with Crippen LogP contribution < -0.4 is 0 Å². The van der Waals surface area contributed by atoms with Crippen molar-refractivity contribution in [2.45, 2.75) is 12.5 Å². The standard InChI is InChI=1S/C17H19ClN4/c1-21(2)9-7-17(22-10-8-19-20-22)15-4-3-14-12-16(18)6-5-13(14)11-15/h3-6,8,10-12,17H,7,9H2,1-2H3. The lowest BCUT2D eigenvalue weighted by Crippen LogP contribution is -2.20. The molecule has 1 heterocycles. The molecule has 0 N–H and O–H groups in total. The molecule has 1 aromatic heterocycles. The summed E-state index contributed by atoms with van der Waals surface area (Å²) in [4.78, 5) is 2.19. The Kier molecular flexibility index (Phi) is 4.41. The zero-order valence-corrected chi connectivity index (χ0v) is 13.5. The molecule has 2 aromatic carbocycles. The lowest BCUT2D eigenvalue weighted by atomic mass is 9.99. The van der Waals surface area contributed by atoms with Crippen molar-refractivity contribution in [1.82, 2.24) is 19.9 Å². The fourth-order valence-electron chi connectivity index (χ4n) is 2.66. The molecule has 0 bridgehead atoms. The predicted octanol–water partition coefficient (Wildman–Crippen LogP) is 3.63. The minimum Gasteiger partial charge on any atom is -0.309 e. The average Bonchev–Trinajstić information content (AvgIpc) is 3.01. The van der Waals surface area contributed by atoms with E-state index in [1.54, 1.807) is 6.20 Å². The summed E-state index contributed by atoms with van der Waals surface area (Å²) in [5.74, 6) is 0. The number of nitrogens with zero attached hydrogens (tertiary/aromatic N) is 4. The number of halogens is 1. The summed E-state index contributed by atoms with van der Waals surface area (Å²) in [6.45, 7) is 0.989. The van der Waals surface area contributed by atoms with Crippen LogP contribution in [0.2, 0.25) is 5.02 Å². The first-order valence-corrected chi connectivity index (χ1v) is 7.71. The molecule has 114 valence electrons. The summed E-state index contributed by atoms with van der Waals surface area (Å²) in [5.41, 5.74) is 1.24. The first-order chi connectivity index (χ1) is 10.6. The van der Waals surface area contributed by atoms with Gasteiger partial charge in [0, 0.05) is 11.2 Å². The molecular formula is C17H19ClN4. The Morgan fingerprint density at radius 1 is 1.14 bits per heavy atom. The van der Waals surface area contributed by atoms with E-state index >= 15 is 0 Å². The van der Waals surface area contributed by atoms with Gasteiger partial charge >= 0.3 is 0 Å². The van der Waals surface area contributed by atoms with Crippen LogP contribution in [0.1, 0.15) is 18.0 Å². The summed E-state index contributed by atoms with van der Waals surface area (Å²) in [6.07, 6.45) is 4.63. The quantitative estimate of drug-likeness (QED) is 0.721. The van der Waals surface area contributed by atoms with Crippen LogP contribution >= 0.6 is 11.6 Å². The van der Waals surface area contributed by atoms with Gasteiger partial charge in [0.15, 0.2) is 0 Å². The molecular weight excluding hydrogens is 296 g/mol. The number of rotatable bonds is 5. The van der Waals surface area contributed by atoms with Crippen molar-refractivity contribution in [3.63, 3.8) is 0 Å². The number of fused-ring (bicyclic) bond motifs is 1. The fraction of sp³-hybridized carbons (Fsp3) is 0.294. The Morgan fingerprint density at radius 3 is 2.64 bits per heavy atom. The molecule has 0 saturated carbocycles. The molecule has 5 heteroatoms. The van der Waals surface area contributed by atoms with Crippen molar-refractivity contribution in [3.8, 4) is 0 Å². The fourth-order valence-corrected chi connectivity index (χ4v) is 2.84. The van der Waals surface area contributed by atoms with Gasteiger partial charge in [-0.2, -0.15) is 0 Å². The van der Waals surface area contributed by atoms with Gasteiger partial charge < -0.3 is 4.90 Å². The molecule has 0 saturated heterocycles. The second kappa shape index (κ2) is 6.46. The molecule has 0 aliphatic carbocycles. The van der Waals surface area contributed by atoms with Crippen molar-refractivity contribution >= 4 is 22.4 Å². The maximum absolute atomic E-state index is 6.06. The summed E-state index contributed by atoms with van der Waals surface area (Å²) in [6, 6.07) is 12.7. The number of aromatic nitrogens is 3. The highest BCUT2D eigenvalue weighted by Gasteiger charge is 2.15. The van der Waals surface area contributed by atoms with Crippen molar-refractivity contribution in [3.05, 3.63) is 59.4 Å². The Morgan fingerprint density at radius 2 is 1.91 bits per heavy atom. The molecule has 0 spiro atoms. The maximum atomic E-state index is 6.06. The van der Waals surface area contributed by atoms with Gasteiger partial charge in [0.05, 0.1) is 12.2 Å². The number of hydrogen-bond donors (Lipinski definition) is 0. The predicted molar refractivity (Wildman–Crippen MR) is 90.3 cm³/mol. The molecule has 1 atom stereocenters. The summed E-state index contributed by atoms with van der Waals surface area (Å²) >= 11 is 6.06. The van der Waals surface area contributed by atoms with Crippen LogP contribution in [-0.4, -0.2) is 40.5 Å². The Hall–Kier alpha value is -1.91. The normalized spacial score (nSPS) is 12.9. The van der Waals surface area contributed by atoms with Gasteiger partial charge in [-0.05, 0) is 61.6 Å². The molecule has 0 radical (unpaired) electrons. The smallest absolute Gasteiger partial charge is 0.0798 e. The van der Waals surface area contributed by atoms with Crippen molar-refractivity contribution < 1.29 is 0 Å². The van der Waals surface area contributed by atoms with Crippen LogP contribution in [0.3, 0.4) is 0 Å². The lowest BCUT2D eigenvalue weighted by Gasteiger charge is -2.20. The Labute approximate surface area is 135 Å². The second-order valence-electron chi connectivity index (χ2n) is 5.74. The molecule has 1 unspecified atom stereocenters. The van der Waals surface area contributed by atoms with Gasteiger partial charge in [-0.1, -0.05) is 35.0 Å². The zero-order valence-electron chi connectivity index (χ0n) is 12.8. The van der Waals surface area contributed by atoms with E-state index in [1.165, 1.54) is 10.9 Å². The van der Waals surface area contributed by atoms with Crippen molar-refractivity contribution in [2.24, 2.45) is 0 Å². The number of hydrogen-bond acceptors (Lipinski definition) is 3. The zero-order chi connectivity index (χ0) is 15.5. The van der Waals surface area contributed by atoms with Crippen LogP contribution in [0.15, 0.2) is 48.8 Å². The van der Waals surface area contributed by atoms with E-state index in [0.29, 0.717) is 0 Å². The third kappa shape index (κ3) is 3.29. The van der Waals surface area contributed by atoms with Gasteiger partial charge in [-0.25, -0.2) is 4.68 Å². The van der Waals surface area contributed by atoms with Crippen LogP contribution in [0, 0.1) is 0 Å². The summed E-state index contributed by atoms with van der Waals surface area (Å²) in [5, 5.41) is 11.3. The van der Waals surface area contributed by atoms with Crippen molar-refractivity contribution in [1.29, 1.82) is 0 Å². The lowest BCUT2D eigenvalue weighted by molar-refractivity contribution is 0.355. The molecule has 22 heavy (non-hydrogen) atoms. The minimum atomic E-state index is 0.185. The molecule has 0 amide bonds. The summed E-state index contributed by atoms with van der Waals surface area (Å²) in [7, 11) is 4.17. The van der Waals surface area contributed by atoms with E-state index in [-0.39, 0.29) is 6.04 Å². The molecule has 0 aliphatic rings. The van der Waals surface area contributed by atoms with Gasteiger partial charge in [0.25, 0.3) is 0 Å². The molecule has 4 nitrogen and oxygen atoms in total. The average molecular weight is 315 g/mol. The topological polar surface area (TPSA) is 34.0 Å². The highest BCUT2D eigenvalue weighted by molar-refractivity contribution is 6.31. The number of benzene rings is 2.